The van der Waals surface area contributed by atoms with Crippen LogP contribution in [0, 0.1) is 12.3 Å². The Labute approximate surface area is 201 Å². The Hall–Kier alpha value is -2.88. The van der Waals surface area contributed by atoms with E-state index in [0.29, 0.717) is 32.6 Å². The maximum absolute atomic E-state index is 12.7. The molecule has 9 nitrogen and oxygen atoms in total. The molecule has 2 aromatic heterocycles. The molecule has 0 aliphatic carbocycles. The van der Waals surface area contributed by atoms with Crippen LogP contribution in [0.3, 0.4) is 0 Å². The van der Waals surface area contributed by atoms with E-state index in [0.717, 1.165) is 5.06 Å². The molecule has 0 fully saturated rings. The standard InChI is InChI=1S/C22H25Cl2N5O4/c1-11-16(18(22(2,3)4)27-21(31)32)17(13-8-7-12(23)9-14(13)24)29-10-15(26-20(29)25-11)19(30)28(5)33-6/h7-10,18,27H,1-6H3,(H,31,32). The second-order valence-electron chi connectivity index (χ2n) is 8.61. The lowest BCUT2D eigenvalue weighted by Gasteiger charge is -2.33. The average molecular weight is 494 g/mol. The number of aromatic nitrogens is 3. The van der Waals surface area contributed by atoms with Crippen LogP contribution in [-0.2, 0) is 4.84 Å². The van der Waals surface area contributed by atoms with Gasteiger partial charge >= 0.3 is 6.09 Å². The number of hydrogen-bond acceptors (Lipinski definition) is 5. The molecule has 176 valence electrons. The monoisotopic (exact) mass is 493 g/mol. The van der Waals surface area contributed by atoms with E-state index in [9.17, 15) is 14.7 Å². The Morgan fingerprint density at radius 3 is 2.45 bits per heavy atom. The predicted octanol–water partition coefficient (Wildman–Crippen LogP) is 5.00. The molecule has 3 aromatic rings. The molecule has 0 aliphatic rings. The third-order valence-electron chi connectivity index (χ3n) is 5.23. The van der Waals surface area contributed by atoms with Crippen molar-refractivity contribution in [2.45, 2.75) is 33.7 Å². The Morgan fingerprint density at radius 1 is 1.24 bits per heavy atom. The van der Waals surface area contributed by atoms with Crippen molar-refractivity contribution in [3.63, 3.8) is 0 Å². The number of hydrogen-bond donors (Lipinski definition) is 2. The minimum Gasteiger partial charge on any atom is -0.465 e. The lowest BCUT2D eigenvalue weighted by atomic mass is 9.80. The Morgan fingerprint density at radius 2 is 1.91 bits per heavy atom. The van der Waals surface area contributed by atoms with Gasteiger partial charge in [0.1, 0.15) is 0 Å². The average Bonchev–Trinajstić information content (AvgIpc) is 3.13. The summed E-state index contributed by atoms with van der Waals surface area (Å²) in [5.41, 5.74) is 1.87. The third kappa shape index (κ3) is 4.90. The summed E-state index contributed by atoms with van der Waals surface area (Å²) in [6.07, 6.45) is 0.356. The molecule has 1 atom stereocenters. The highest BCUT2D eigenvalue weighted by molar-refractivity contribution is 6.36. The highest BCUT2D eigenvalue weighted by Crippen LogP contribution is 2.42. The number of carboxylic acid groups (broad SMARTS) is 1. The molecule has 0 aliphatic heterocycles. The van der Waals surface area contributed by atoms with E-state index < -0.39 is 23.5 Å². The van der Waals surface area contributed by atoms with Crippen LogP contribution in [-0.4, -0.2) is 50.7 Å². The van der Waals surface area contributed by atoms with Crippen LogP contribution in [0.15, 0.2) is 24.4 Å². The highest BCUT2D eigenvalue weighted by Gasteiger charge is 2.34. The van der Waals surface area contributed by atoms with Gasteiger partial charge in [0.2, 0.25) is 5.78 Å². The molecule has 2 amide bonds. The van der Waals surface area contributed by atoms with E-state index in [1.54, 1.807) is 29.5 Å². The molecule has 2 heterocycles. The predicted molar refractivity (Wildman–Crippen MR) is 126 cm³/mol. The summed E-state index contributed by atoms with van der Waals surface area (Å²) >= 11 is 12.7. The fraction of sp³-hybridized carbons (Fsp3) is 0.364. The van der Waals surface area contributed by atoms with Crippen molar-refractivity contribution in [1.82, 2.24) is 24.7 Å². The van der Waals surface area contributed by atoms with Crippen LogP contribution < -0.4 is 5.32 Å². The zero-order valence-electron chi connectivity index (χ0n) is 19.1. The summed E-state index contributed by atoms with van der Waals surface area (Å²) in [6.45, 7) is 7.52. The van der Waals surface area contributed by atoms with Gasteiger partial charge in [0.05, 0.1) is 23.9 Å². The van der Waals surface area contributed by atoms with Gasteiger partial charge in [-0.25, -0.2) is 19.8 Å². The number of fused-ring (bicyclic) bond motifs is 1. The number of nitrogens with zero attached hydrogens (tertiary/aromatic N) is 4. The van der Waals surface area contributed by atoms with E-state index in [-0.39, 0.29) is 11.5 Å². The summed E-state index contributed by atoms with van der Waals surface area (Å²) in [5, 5.41) is 14.0. The maximum Gasteiger partial charge on any atom is 0.405 e. The molecular formula is C22H25Cl2N5O4. The summed E-state index contributed by atoms with van der Waals surface area (Å²) < 4.78 is 1.64. The van der Waals surface area contributed by atoms with Crippen LogP contribution in [0.1, 0.15) is 48.6 Å². The summed E-state index contributed by atoms with van der Waals surface area (Å²) in [5.74, 6) is -0.209. The number of imidazole rings is 1. The Kier molecular flexibility index (Phi) is 6.88. The molecule has 0 saturated heterocycles. The van der Waals surface area contributed by atoms with Crippen LogP contribution in [0.4, 0.5) is 4.79 Å². The summed E-state index contributed by atoms with van der Waals surface area (Å²) in [6, 6.07) is 4.37. The van der Waals surface area contributed by atoms with Crippen molar-refractivity contribution < 1.29 is 19.5 Å². The van der Waals surface area contributed by atoms with E-state index in [1.807, 2.05) is 20.8 Å². The first kappa shape index (κ1) is 24.8. The fourth-order valence-electron chi connectivity index (χ4n) is 3.62. The van der Waals surface area contributed by atoms with Gasteiger partial charge in [-0.05, 0) is 30.5 Å². The SMILES string of the molecule is CON(C)C(=O)c1cn2c(-c3ccc(Cl)cc3Cl)c(C(NC(=O)O)C(C)(C)C)c(C)nc2n1. The van der Waals surface area contributed by atoms with Gasteiger partial charge in [-0.1, -0.05) is 44.0 Å². The van der Waals surface area contributed by atoms with E-state index >= 15 is 0 Å². The number of aryl methyl sites for hydroxylation is 1. The molecule has 1 unspecified atom stereocenters. The minimum absolute atomic E-state index is 0.105. The summed E-state index contributed by atoms with van der Waals surface area (Å²) in [7, 11) is 2.85. The first-order valence-electron chi connectivity index (χ1n) is 10.0. The smallest absolute Gasteiger partial charge is 0.405 e. The molecule has 0 radical (unpaired) electrons. The molecular weight excluding hydrogens is 469 g/mol. The van der Waals surface area contributed by atoms with Crippen LogP contribution >= 0.6 is 23.2 Å². The van der Waals surface area contributed by atoms with Crippen molar-refractivity contribution in [3.8, 4) is 11.3 Å². The van der Waals surface area contributed by atoms with Crippen LogP contribution in [0.5, 0.6) is 0 Å². The van der Waals surface area contributed by atoms with Crippen molar-refractivity contribution >= 4 is 41.0 Å². The third-order valence-corrected chi connectivity index (χ3v) is 5.78. The fourth-order valence-corrected chi connectivity index (χ4v) is 4.12. The zero-order valence-corrected chi connectivity index (χ0v) is 20.6. The Bertz CT molecular complexity index is 1240. The quantitative estimate of drug-likeness (QED) is 0.484. The van der Waals surface area contributed by atoms with Gasteiger partial charge in [0, 0.05) is 35.1 Å². The molecule has 0 bridgehead atoms. The van der Waals surface area contributed by atoms with Crippen molar-refractivity contribution in [3.05, 3.63) is 51.4 Å². The van der Waals surface area contributed by atoms with E-state index in [4.69, 9.17) is 28.0 Å². The number of rotatable bonds is 5. The molecule has 0 spiro atoms. The van der Waals surface area contributed by atoms with Crippen molar-refractivity contribution in [2.24, 2.45) is 5.41 Å². The minimum atomic E-state index is -1.18. The number of amides is 2. The van der Waals surface area contributed by atoms with E-state index in [2.05, 4.69) is 15.3 Å². The lowest BCUT2D eigenvalue weighted by Crippen LogP contribution is -2.37. The normalized spacial score (nSPS) is 12.6. The van der Waals surface area contributed by atoms with E-state index in [1.165, 1.54) is 20.4 Å². The van der Waals surface area contributed by atoms with Gasteiger partial charge in [-0.2, -0.15) is 0 Å². The Balaban J connectivity index is 2.44. The molecule has 11 heteroatoms. The van der Waals surface area contributed by atoms with Gasteiger partial charge in [-0.3, -0.25) is 14.0 Å². The van der Waals surface area contributed by atoms with Crippen molar-refractivity contribution in [1.29, 1.82) is 0 Å². The van der Waals surface area contributed by atoms with Crippen LogP contribution in [0.25, 0.3) is 17.0 Å². The molecule has 0 saturated carbocycles. The number of hydroxylamine groups is 2. The highest BCUT2D eigenvalue weighted by atomic mass is 35.5. The first-order chi connectivity index (χ1) is 15.3. The number of carbonyl (C=O) groups excluding carboxylic acids is 1. The first-order valence-corrected chi connectivity index (χ1v) is 10.8. The number of benzene rings is 1. The summed E-state index contributed by atoms with van der Waals surface area (Å²) in [4.78, 5) is 38.3. The number of nitrogens with one attached hydrogen (secondary N) is 1. The number of halogens is 2. The second kappa shape index (κ2) is 9.17. The molecule has 1 aromatic carbocycles. The van der Waals surface area contributed by atoms with Gasteiger partial charge in [0.25, 0.3) is 5.91 Å². The zero-order chi connectivity index (χ0) is 24.7. The topological polar surface area (TPSA) is 109 Å². The largest absolute Gasteiger partial charge is 0.465 e. The molecule has 2 N–H and O–H groups in total. The second-order valence-corrected chi connectivity index (χ2v) is 9.46. The van der Waals surface area contributed by atoms with Crippen molar-refractivity contribution in [2.75, 3.05) is 14.2 Å². The van der Waals surface area contributed by atoms with Gasteiger partial charge < -0.3 is 10.4 Å². The van der Waals surface area contributed by atoms with Gasteiger partial charge in [-0.15, -0.1) is 0 Å². The van der Waals surface area contributed by atoms with Crippen LogP contribution in [0.2, 0.25) is 10.0 Å². The maximum atomic E-state index is 12.7. The van der Waals surface area contributed by atoms with Gasteiger partial charge in [0.15, 0.2) is 5.69 Å². The number of carbonyl (C=O) groups is 2. The molecule has 3 rings (SSSR count). The molecule has 33 heavy (non-hydrogen) atoms. The lowest BCUT2D eigenvalue weighted by molar-refractivity contribution is -0.0760.